The van der Waals surface area contributed by atoms with Gasteiger partial charge in [-0.3, -0.25) is 4.78 Å². The second-order valence-electron chi connectivity index (χ2n) is 2.37. The molecule has 0 bridgehead atoms. The molecule has 6 heteroatoms. The fourth-order valence-corrected chi connectivity index (χ4v) is 3.26. The lowest BCUT2D eigenvalue weighted by molar-refractivity contribution is 0.422. The third-order valence-corrected chi connectivity index (χ3v) is 4.35. The highest BCUT2D eigenvalue weighted by molar-refractivity contribution is 14.1. The van der Waals surface area contributed by atoms with E-state index in [9.17, 15) is 4.21 Å². The van der Waals surface area contributed by atoms with E-state index in [1.807, 2.05) is 3.11 Å². The van der Waals surface area contributed by atoms with Crippen LogP contribution in [0.4, 0.5) is 0 Å². The van der Waals surface area contributed by atoms with E-state index in [0.29, 0.717) is 18.1 Å². The summed E-state index contributed by atoms with van der Waals surface area (Å²) >= 11 is 2.10. The van der Waals surface area contributed by atoms with Crippen molar-refractivity contribution in [3.63, 3.8) is 0 Å². The lowest BCUT2D eigenvalue weighted by Gasteiger charge is -2.28. The van der Waals surface area contributed by atoms with Crippen molar-refractivity contribution in [3.05, 3.63) is 0 Å². The van der Waals surface area contributed by atoms with Crippen LogP contribution in [0.3, 0.4) is 0 Å². The zero-order valence-electron chi connectivity index (χ0n) is 5.42. The van der Waals surface area contributed by atoms with E-state index in [1.54, 1.807) is 0 Å². The van der Waals surface area contributed by atoms with Crippen LogP contribution < -0.4 is 5.73 Å². The summed E-state index contributed by atoms with van der Waals surface area (Å²) in [6.45, 7) is 0.671. The zero-order valence-corrected chi connectivity index (χ0v) is 8.39. The molecular weight excluding hydrogens is 265 g/mol. The summed E-state index contributed by atoms with van der Waals surface area (Å²) in [6.07, 6.45) is -0.195. The Hall–Kier alpha value is 0.600. The topological polar surface area (TPSA) is 70.2 Å². The van der Waals surface area contributed by atoms with E-state index in [4.69, 9.17) is 10.5 Å². The maximum Gasteiger partial charge on any atom is 0.0789 e. The maximum atomic E-state index is 11.1. The highest BCUT2D eigenvalue weighted by atomic mass is 127. The van der Waals surface area contributed by atoms with Gasteiger partial charge in [0.05, 0.1) is 11.9 Å². The first-order chi connectivity index (χ1) is 4.51. The van der Waals surface area contributed by atoms with Crippen molar-refractivity contribution in [2.75, 3.05) is 18.1 Å². The van der Waals surface area contributed by atoms with Crippen LogP contribution in [-0.2, 0) is 9.73 Å². The Kier molecular flexibility index (Phi) is 2.54. The second kappa shape index (κ2) is 2.92. The molecule has 1 aliphatic rings. The normalized spacial score (nSPS) is 43.6. The van der Waals surface area contributed by atoms with E-state index < -0.39 is 9.73 Å². The van der Waals surface area contributed by atoms with E-state index in [0.717, 1.165) is 0 Å². The first-order valence-corrected chi connectivity index (χ1v) is 5.79. The molecule has 4 nitrogen and oxygen atoms in total. The van der Waals surface area contributed by atoms with Gasteiger partial charge in [-0.1, -0.05) is 0 Å². The Morgan fingerprint density at radius 3 is 2.80 bits per heavy atom. The number of nitrogens with one attached hydrogen (secondary N) is 1. The van der Waals surface area contributed by atoms with Crippen molar-refractivity contribution >= 4 is 32.6 Å². The smallest absolute Gasteiger partial charge is 0.0789 e. The minimum absolute atomic E-state index is 0.195. The molecule has 0 spiro atoms. The Morgan fingerprint density at radius 1 is 1.80 bits per heavy atom. The molecule has 0 aromatic rings. The van der Waals surface area contributed by atoms with Gasteiger partial charge in [-0.2, -0.15) is 0 Å². The Bertz CT molecular complexity index is 215. The monoisotopic (exact) mass is 275 g/mol. The van der Waals surface area contributed by atoms with Crippen molar-refractivity contribution in [1.29, 1.82) is 4.78 Å². The molecule has 0 radical (unpaired) electrons. The van der Waals surface area contributed by atoms with E-state index in [-0.39, 0.29) is 6.17 Å². The maximum absolute atomic E-state index is 11.1. The number of hydrogen-bond donors (Lipinski definition) is 2. The quantitative estimate of drug-likeness (QED) is 0.482. The first kappa shape index (κ1) is 8.69. The zero-order chi connectivity index (χ0) is 7.78. The minimum atomic E-state index is -2.34. The molecule has 0 aromatic carbocycles. The molecule has 2 atom stereocenters. The average Bonchev–Trinajstić information content (AvgIpc) is 1.79. The summed E-state index contributed by atoms with van der Waals surface area (Å²) in [5.41, 5.74) is 5.57. The van der Waals surface area contributed by atoms with Crippen LogP contribution >= 0.6 is 22.9 Å². The Morgan fingerprint density at radius 2 is 2.40 bits per heavy atom. The number of halogens is 1. The molecule has 60 valence electrons. The van der Waals surface area contributed by atoms with E-state index in [2.05, 4.69) is 22.9 Å². The SMILES string of the molecule is N=S1(=O)CCN(I)C(N)C1. The molecule has 1 rings (SSSR count). The van der Waals surface area contributed by atoms with E-state index in [1.165, 1.54) is 0 Å². The van der Waals surface area contributed by atoms with Crippen LogP contribution in [0.2, 0.25) is 0 Å². The van der Waals surface area contributed by atoms with Crippen LogP contribution in [0.25, 0.3) is 0 Å². The van der Waals surface area contributed by atoms with Crippen molar-refractivity contribution < 1.29 is 4.21 Å². The highest BCUT2D eigenvalue weighted by Gasteiger charge is 2.23. The van der Waals surface area contributed by atoms with Gasteiger partial charge in [0.25, 0.3) is 0 Å². The average molecular weight is 275 g/mol. The highest BCUT2D eigenvalue weighted by Crippen LogP contribution is 2.12. The third kappa shape index (κ3) is 2.04. The molecule has 1 heterocycles. The van der Waals surface area contributed by atoms with Crippen LogP contribution in [0, 0.1) is 4.78 Å². The van der Waals surface area contributed by atoms with Gasteiger partial charge < -0.3 is 5.73 Å². The lowest BCUT2D eigenvalue weighted by Crippen LogP contribution is -2.47. The molecule has 0 saturated carbocycles. The predicted molar refractivity (Wildman–Crippen MR) is 49.3 cm³/mol. The summed E-state index contributed by atoms with van der Waals surface area (Å²) < 4.78 is 20.3. The lowest BCUT2D eigenvalue weighted by atomic mass is 10.5. The fraction of sp³-hybridized carbons (Fsp3) is 1.00. The largest absolute Gasteiger partial charge is 0.314 e. The van der Waals surface area contributed by atoms with Gasteiger partial charge in [0, 0.05) is 44.9 Å². The standard InChI is InChI=1S/C4H10IN3OS/c5-8-1-2-10(7,9)3-4(8)6/h4,7H,1-3,6H2. The van der Waals surface area contributed by atoms with Gasteiger partial charge in [-0.15, -0.1) is 0 Å². The van der Waals surface area contributed by atoms with Crippen molar-refractivity contribution in [2.24, 2.45) is 5.73 Å². The number of nitrogens with two attached hydrogens (primary N) is 1. The van der Waals surface area contributed by atoms with Gasteiger partial charge in [0.1, 0.15) is 0 Å². The fourth-order valence-electron chi connectivity index (χ4n) is 0.841. The molecule has 1 fully saturated rings. The molecule has 3 N–H and O–H groups in total. The molecular formula is C4H10IN3OS. The molecule has 2 unspecified atom stereocenters. The second-order valence-corrected chi connectivity index (χ2v) is 5.98. The molecule has 0 amide bonds. The molecule has 0 aromatic heterocycles. The van der Waals surface area contributed by atoms with E-state index >= 15 is 0 Å². The van der Waals surface area contributed by atoms with Crippen molar-refractivity contribution in [2.45, 2.75) is 6.17 Å². The summed E-state index contributed by atoms with van der Waals surface area (Å²) in [5, 5.41) is 0. The van der Waals surface area contributed by atoms with Crippen LogP contribution in [-0.4, -0.2) is 31.5 Å². The van der Waals surface area contributed by atoms with Crippen LogP contribution in [0.1, 0.15) is 0 Å². The summed E-state index contributed by atoms with van der Waals surface area (Å²) in [6, 6.07) is 0. The van der Waals surface area contributed by atoms with Gasteiger partial charge in [-0.25, -0.2) is 7.32 Å². The summed E-state index contributed by atoms with van der Waals surface area (Å²) in [5.74, 6) is 0.777. The summed E-state index contributed by atoms with van der Waals surface area (Å²) in [7, 11) is -2.34. The van der Waals surface area contributed by atoms with Gasteiger partial charge in [0.2, 0.25) is 0 Å². The first-order valence-electron chi connectivity index (χ1n) is 2.93. The number of nitrogens with zero attached hydrogens (tertiary/aromatic N) is 1. The van der Waals surface area contributed by atoms with Crippen molar-refractivity contribution in [1.82, 2.24) is 3.11 Å². The molecule has 1 saturated heterocycles. The number of rotatable bonds is 0. The van der Waals surface area contributed by atoms with Crippen LogP contribution in [0.5, 0.6) is 0 Å². The van der Waals surface area contributed by atoms with Gasteiger partial charge in [-0.05, 0) is 0 Å². The molecule has 1 aliphatic heterocycles. The Labute approximate surface area is 74.6 Å². The van der Waals surface area contributed by atoms with Gasteiger partial charge >= 0.3 is 0 Å². The third-order valence-electron chi connectivity index (χ3n) is 1.43. The van der Waals surface area contributed by atoms with Crippen molar-refractivity contribution in [3.8, 4) is 0 Å². The Balaban J connectivity index is 2.66. The van der Waals surface area contributed by atoms with Gasteiger partial charge in [0.15, 0.2) is 0 Å². The molecule has 10 heavy (non-hydrogen) atoms. The summed E-state index contributed by atoms with van der Waals surface area (Å²) in [4.78, 5) is 0. The predicted octanol–water partition coefficient (Wildman–Crippen LogP) is -0.0164. The number of hydrogen-bond acceptors (Lipinski definition) is 4. The van der Waals surface area contributed by atoms with Crippen LogP contribution in [0.15, 0.2) is 0 Å². The molecule has 0 aliphatic carbocycles. The minimum Gasteiger partial charge on any atom is -0.314 e.